The normalized spacial score (nSPS) is 14.6. The van der Waals surface area contributed by atoms with E-state index in [1.807, 2.05) is 6.07 Å². The van der Waals surface area contributed by atoms with Crippen LogP contribution in [0.3, 0.4) is 0 Å². The van der Waals surface area contributed by atoms with Gasteiger partial charge in [-0.25, -0.2) is 0 Å². The molecule has 0 aliphatic heterocycles. The van der Waals surface area contributed by atoms with Crippen molar-refractivity contribution in [3.63, 3.8) is 0 Å². The summed E-state index contributed by atoms with van der Waals surface area (Å²) in [4.78, 5) is 7.39. The lowest BCUT2D eigenvalue weighted by molar-refractivity contribution is 0.195. The van der Waals surface area contributed by atoms with E-state index >= 15 is 0 Å². The number of aryl methyl sites for hydroxylation is 1. The molecular weight excluding hydrogens is 284 g/mol. The molecule has 0 amide bonds. The summed E-state index contributed by atoms with van der Waals surface area (Å²) in [5.74, 6) is 0. The zero-order valence-corrected chi connectivity index (χ0v) is 14.7. The molecule has 0 saturated carbocycles. The van der Waals surface area contributed by atoms with Crippen LogP contribution in [-0.4, -0.2) is 37.4 Å². The summed E-state index contributed by atoms with van der Waals surface area (Å²) >= 11 is 0. The Morgan fingerprint density at radius 3 is 2.17 bits per heavy atom. The minimum absolute atomic E-state index is 0.271. The van der Waals surface area contributed by atoms with Crippen LogP contribution in [0.1, 0.15) is 23.6 Å². The molecule has 2 rings (SSSR count). The van der Waals surface area contributed by atoms with Crippen LogP contribution < -0.4 is 0 Å². The fourth-order valence-electron chi connectivity index (χ4n) is 2.71. The summed E-state index contributed by atoms with van der Waals surface area (Å²) < 4.78 is 0. The molecule has 0 fully saturated rings. The van der Waals surface area contributed by atoms with Crippen LogP contribution in [-0.2, 0) is 11.3 Å². The van der Waals surface area contributed by atoms with Crippen molar-refractivity contribution >= 4 is 5.71 Å². The molecule has 0 heterocycles. The molecule has 0 saturated heterocycles. The van der Waals surface area contributed by atoms with Crippen molar-refractivity contribution in [3.05, 3.63) is 71.3 Å². The molecule has 1 unspecified atom stereocenters. The molecule has 0 aliphatic carbocycles. The van der Waals surface area contributed by atoms with Gasteiger partial charge >= 0.3 is 0 Å². The molecule has 0 spiro atoms. The second-order valence-corrected chi connectivity index (χ2v) is 6.32. The molecule has 0 radical (unpaired) electrons. The third kappa shape index (κ3) is 3.99. The Morgan fingerprint density at radius 1 is 1.04 bits per heavy atom. The summed E-state index contributed by atoms with van der Waals surface area (Å²) in [5, 5.41) is 4.39. The lowest BCUT2D eigenvalue weighted by Crippen LogP contribution is -2.50. The second kappa shape index (κ2) is 7.42. The number of nitrogens with zero attached hydrogens (tertiary/aromatic N) is 2. The van der Waals surface area contributed by atoms with Gasteiger partial charge in [-0.1, -0.05) is 65.3 Å². The van der Waals surface area contributed by atoms with E-state index in [9.17, 15) is 0 Å². The van der Waals surface area contributed by atoms with Gasteiger partial charge in [-0.2, -0.15) is 0 Å². The van der Waals surface area contributed by atoms with Gasteiger partial charge in [0, 0.05) is 5.56 Å². The molecule has 1 atom stereocenters. The Bertz CT molecular complexity index is 647. The Labute approximate surface area is 139 Å². The third-order valence-electron chi connectivity index (χ3n) is 4.40. The van der Waals surface area contributed by atoms with Crippen molar-refractivity contribution in [2.45, 2.75) is 25.8 Å². The van der Waals surface area contributed by atoms with Crippen LogP contribution in [0, 0.1) is 6.92 Å². The Hall–Kier alpha value is -2.13. The molecule has 0 bridgehead atoms. The molecule has 0 N–H and O–H groups in total. The van der Waals surface area contributed by atoms with Crippen molar-refractivity contribution in [3.8, 4) is 0 Å². The standard InChI is InChI=1S/C20H26N2O/c1-16-11-13-18(14-12-16)19(21-23-5)20(2,22(3)4)15-17-9-7-6-8-10-17/h6-14H,15H2,1-5H3/b21-19-. The number of oxime groups is 1. The maximum absolute atomic E-state index is 5.18. The molecule has 23 heavy (non-hydrogen) atoms. The predicted octanol–water partition coefficient (Wildman–Crippen LogP) is 3.91. The van der Waals surface area contributed by atoms with Crippen LogP contribution in [0.2, 0.25) is 0 Å². The average molecular weight is 310 g/mol. The molecule has 3 heteroatoms. The van der Waals surface area contributed by atoms with E-state index in [4.69, 9.17) is 4.84 Å². The highest BCUT2D eigenvalue weighted by Gasteiger charge is 2.35. The number of hydrogen-bond acceptors (Lipinski definition) is 3. The predicted molar refractivity (Wildman–Crippen MR) is 97.0 cm³/mol. The van der Waals surface area contributed by atoms with Crippen molar-refractivity contribution in [2.75, 3.05) is 21.2 Å². The van der Waals surface area contributed by atoms with E-state index in [2.05, 4.69) is 86.5 Å². The van der Waals surface area contributed by atoms with Gasteiger partial charge in [0.25, 0.3) is 0 Å². The number of rotatable bonds is 6. The highest BCUT2D eigenvalue weighted by molar-refractivity contribution is 6.07. The summed E-state index contributed by atoms with van der Waals surface area (Å²) in [6, 6.07) is 18.9. The molecule has 3 nitrogen and oxygen atoms in total. The molecular formula is C20H26N2O. The maximum atomic E-state index is 5.18. The van der Waals surface area contributed by atoms with E-state index in [0.717, 1.165) is 17.7 Å². The minimum atomic E-state index is -0.271. The fraction of sp³-hybridized carbons (Fsp3) is 0.350. The second-order valence-electron chi connectivity index (χ2n) is 6.32. The van der Waals surface area contributed by atoms with Crippen molar-refractivity contribution in [2.24, 2.45) is 5.16 Å². The van der Waals surface area contributed by atoms with E-state index in [0.29, 0.717) is 0 Å². The van der Waals surface area contributed by atoms with Gasteiger partial charge in [-0.15, -0.1) is 0 Å². The van der Waals surface area contributed by atoms with E-state index in [1.165, 1.54) is 11.1 Å². The summed E-state index contributed by atoms with van der Waals surface area (Å²) in [5.41, 5.74) is 4.27. The molecule has 0 aromatic heterocycles. The molecule has 2 aromatic rings. The van der Waals surface area contributed by atoms with E-state index < -0.39 is 0 Å². The lowest BCUT2D eigenvalue weighted by atomic mass is 9.83. The van der Waals surface area contributed by atoms with Gasteiger partial charge in [-0.3, -0.25) is 4.90 Å². The van der Waals surface area contributed by atoms with Crippen LogP contribution in [0.25, 0.3) is 0 Å². The van der Waals surface area contributed by atoms with Crippen LogP contribution in [0.15, 0.2) is 59.8 Å². The number of likely N-dealkylation sites (N-methyl/N-ethyl adjacent to an activating group) is 1. The lowest BCUT2D eigenvalue weighted by Gasteiger charge is -2.37. The molecule has 122 valence electrons. The first-order valence-corrected chi connectivity index (χ1v) is 7.87. The smallest absolute Gasteiger partial charge is 0.107 e. The van der Waals surface area contributed by atoms with Gasteiger partial charge in [0.2, 0.25) is 0 Å². The highest BCUT2D eigenvalue weighted by atomic mass is 16.6. The van der Waals surface area contributed by atoms with Crippen molar-refractivity contribution < 1.29 is 4.84 Å². The highest BCUT2D eigenvalue weighted by Crippen LogP contribution is 2.25. The quantitative estimate of drug-likeness (QED) is 0.597. The fourth-order valence-corrected chi connectivity index (χ4v) is 2.71. The van der Waals surface area contributed by atoms with Crippen LogP contribution >= 0.6 is 0 Å². The first kappa shape index (κ1) is 17.2. The van der Waals surface area contributed by atoms with Crippen LogP contribution in [0.4, 0.5) is 0 Å². The van der Waals surface area contributed by atoms with Crippen molar-refractivity contribution in [1.82, 2.24) is 4.90 Å². The van der Waals surface area contributed by atoms with E-state index in [1.54, 1.807) is 7.11 Å². The van der Waals surface area contributed by atoms with Crippen molar-refractivity contribution in [1.29, 1.82) is 0 Å². The van der Waals surface area contributed by atoms with Gasteiger partial charge in [-0.05, 0) is 39.9 Å². The van der Waals surface area contributed by atoms with Gasteiger partial charge in [0.05, 0.1) is 5.54 Å². The Kier molecular flexibility index (Phi) is 5.56. The SMILES string of the molecule is CO/N=C(/c1ccc(C)cc1)C(C)(Cc1ccccc1)N(C)C. The monoisotopic (exact) mass is 310 g/mol. The largest absolute Gasteiger partial charge is 0.399 e. The van der Waals surface area contributed by atoms with E-state index in [-0.39, 0.29) is 5.54 Å². The van der Waals surface area contributed by atoms with Crippen LogP contribution in [0.5, 0.6) is 0 Å². The maximum Gasteiger partial charge on any atom is 0.107 e. The minimum Gasteiger partial charge on any atom is -0.399 e. The summed E-state index contributed by atoms with van der Waals surface area (Å²) in [6.07, 6.45) is 0.858. The number of hydrogen-bond donors (Lipinski definition) is 0. The van der Waals surface area contributed by atoms with Gasteiger partial charge in [0.1, 0.15) is 12.8 Å². The topological polar surface area (TPSA) is 24.8 Å². The molecule has 2 aromatic carbocycles. The van der Waals surface area contributed by atoms with Gasteiger partial charge in [0.15, 0.2) is 0 Å². The summed E-state index contributed by atoms with van der Waals surface area (Å²) in [6.45, 7) is 4.30. The molecule has 0 aliphatic rings. The Balaban J connectivity index is 2.46. The first-order chi connectivity index (χ1) is 11.0. The number of benzene rings is 2. The first-order valence-electron chi connectivity index (χ1n) is 7.87. The summed E-state index contributed by atoms with van der Waals surface area (Å²) in [7, 11) is 5.78. The van der Waals surface area contributed by atoms with Gasteiger partial charge < -0.3 is 4.84 Å². The third-order valence-corrected chi connectivity index (χ3v) is 4.40. The zero-order chi connectivity index (χ0) is 16.9. The Morgan fingerprint density at radius 2 is 1.65 bits per heavy atom. The average Bonchev–Trinajstić information content (AvgIpc) is 2.54. The zero-order valence-electron chi connectivity index (χ0n) is 14.7.